The largest absolute Gasteiger partial charge is 0.488 e. The van der Waals surface area contributed by atoms with E-state index >= 15 is 0 Å². The van der Waals surface area contributed by atoms with Crippen LogP contribution in [0, 0.1) is 0 Å². The summed E-state index contributed by atoms with van der Waals surface area (Å²) in [6.45, 7) is 1.52. The van der Waals surface area contributed by atoms with E-state index < -0.39 is 6.23 Å². The van der Waals surface area contributed by atoms with Gasteiger partial charge in [0.2, 0.25) is 6.23 Å². The minimum Gasteiger partial charge on any atom is -0.488 e. The number of hydrazone groups is 1. The third-order valence-electron chi connectivity index (χ3n) is 6.78. The van der Waals surface area contributed by atoms with Gasteiger partial charge in [-0.05, 0) is 43.9 Å². The number of halogens is 1. The third kappa shape index (κ3) is 4.56. The van der Waals surface area contributed by atoms with Crippen LogP contribution in [0.25, 0.3) is 10.6 Å². The summed E-state index contributed by atoms with van der Waals surface area (Å²) in [4.78, 5) is 8.44. The molecule has 1 unspecified atom stereocenters. The van der Waals surface area contributed by atoms with E-state index in [0.717, 1.165) is 72.8 Å². The first-order chi connectivity index (χ1) is 17.2. The van der Waals surface area contributed by atoms with Gasteiger partial charge in [0, 0.05) is 28.4 Å². The minimum atomic E-state index is -1.02. The SMILES string of the molecule is OC1C(OC2CCCC2)=C(N2CCc3nc(-c4ccccc4)sc3C2)C=NN1c1cccc(Cl)c1. The van der Waals surface area contributed by atoms with Crippen molar-refractivity contribution in [1.29, 1.82) is 0 Å². The highest BCUT2D eigenvalue weighted by atomic mass is 35.5. The Morgan fingerprint density at radius 2 is 1.89 bits per heavy atom. The Bertz CT molecular complexity index is 1270. The summed E-state index contributed by atoms with van der Waals surface area (Å²) in [5, 5.41) is 19.3. The predicted molar refractivity (Wildman–Crippen MR) is 140 cm³/mol. The number of aromatic nitrogens is 1. The highest BCUT2D eigenvalue weighted by molar-refractivity contribution is 7.15. The number of nitrogens with zero attached hydrogens (tertiary/aromatic N) is 4. The first kappa shape index (κ1) is 22.6. The maximum absolute atomic E-state index is 11.4. The van der Waals surface area contributed by atoms with Crippen LogP contribution in [0.2, 0.25) is 5.02 Å². The van der Waals surface area contributed by atoms with Crippen LogP contribution in [-0.4, -0.2) is 40.1 Å². The second-order valence-corrected chi connectivity index (χ2v) is 10.7. The van der Waals surface area contributed by atoms with E-state index in [0.29, 0.717) is 10.8 Å². The lowest BCUT2D eigenvalue weighted by Gasteiger charge is -2.37. The average molecular weight is 507 g/mol. The summed E-state index contributed by atoms with van der Waals surface area (Å²) in [6.07, 6.45) is 6.11. The molecular formula is C27H27ClN4O2S. The molecule has 3 heterocycles. The van der Waals surface area contributed by atoms with E-state index in [1.165, 1.54) is 4.88 Å². The topological polar surface area (TPSA) is 61.2 Å². The van der Waals surface area contributed by atoms with E-state index in [1.54, 1.807) is 22.4 Å². The van der Waals surface area contributed by atoms with Crippen LogP contribution in [0.15, 0.2) is 71.2 Å². The Labute approximate surface area is 214 Å². The molecule has 3 aromatic rings. The minimum absolute atomic E-state index is 0.121. The van der Waals surface area contributed by atoms with E-state index in [2.05, 4.69) is 22.1 Å². The highest BCUT2D eigenvalue weighted by Gasteiger charge is 2.34. The molecule has 180 valence electrons. The van der Waals surface area contributed by atoms with Crippen molar-refractivity contribution in [3.63, 3.8) is 0 Å². The Hall–Kier alpha value is -2.87. The van der Waals surface area contributed by atoms with Crippen molar-refractivity contribution in [2.75, 3.05) is 11.6 Å². The van der Waals surface area contributed by atoms with Crippen molar-refractivity contribution in [3.05, 3.63) is 81.6 Å². The van der Waals surface area contributed by atoms with Gasteiger partial charge in [-0.3, -0.25) is 0 Å². The zero-order valence-corrected chi connectivity index (χ0v) is 20.9. The number of thiazole rings is 1. The van der Waals surface area contributed by atoms with E-state index in [-0.39, 0.29) is 6.10 Å². The summed E-state index contributed by atoms with van der Waals surface area (Å²) < 4.78 is 6.48. The quantitative estimate of drug-likeness (QED) is 0.472. The van der Waals surface area contributed by atoms with Gasteiger partial charge in [0.15, 0.2) is 5.76 Å². The molecule has 1 aromatic heterocycles. The van der Waals surface area contributed by atoms with Crippen molar-refractivity contribution < 1.29 is 9.84 Å². The molecule has 0 saturated heterocycles. The number of allylic oxidation sites excluding steroid dienone is 1. The maximum atomic E-state index is 11.4. The van der Waals surface area contributed by atoms with Crippen LogP contribution < -0.4 is 5.01 Å². The van der Waals surface area contributed by atoms with Gasteiger partial charge in [-0.25, -0.2) is 9.99 Å². The molecule has 0 amide bonds. The van der Waals surface area contributed by atoms with Gasteiger partial charge < -0.3 is 14.7 Å². The van der Waals surface area contributed by atoms with Gasteiger partial charge >= 0.3 is 0 Å². The lowest BCUT2D eigenvalue weighted by Crippen LogP contribution is -2.42. The second-order valence-electron chi connectivity index (χ2n) is 9.14. The molecule has 1 aliphatic carbocycles. The molecule has 2 aromatic carbocycles. The zero-order valence-electron chi connectivity index (χ0n) is 19.3. The van der Waals surface area contributed by atoms with Gasteiger partial charge in [0.25, 0.3) is 0 Å². The fraction of sp³-hybridized carbons (Fsp3) is 0.333. The Morgan fingerprint density at radius 3 is 2.69 bits per heavy atom. The number of hydrogen-bond donors (Lipinski definition) is 1. The van der Waals surface area contributed by atoms with E-state index in [9.17, 15) is 5.11 Å². The standard InChI is InChI=1S/C27H27ClN4O2S/c28-19-9-6-10-20(15-19)32-27(33)25(34-21-11-4-5-12-21)23(16-29-32)31-14-13-22-24(17-31)35-26(30-22)18-7-2-1-3-8-18/h1-3,6-10,15-16,21,27,33H,4-5,11-14,17H2. The lowest BCUT2D eigenvalue weighted by atomic mass is 10.1. The van der Waals surface area contributed by atoms with Crippen molar-refractivity contribution in [2.45, 2.75) is 51.0 Å². The fourth-order valence-corrected chi connectivity index (χ4v) is 6.28. The van der Waals surface area contributed by atoms with E-state index in [1.807, 2.05) is 42.6 Å². The van der Waals surface area contributed by atoms with Crippen LogP contribution in [0.4, 0.5) is 5.69 Å². The Balaban J connectivity index is 1.31. The van der Waals surface area contributed by atoms with Crippen LogP contribution in [-0.2, 0) is 17.7 Å². The summed E-state index contributed by atoms with van der Waals surface area (Å²) in [7, 11) is 0. The smallest absolute Gasteiger partial charge is 0.208 e. The molecule has 35 heavy (non-hydrogen) atoms. The average Bonchev–Trinajstić information content (AvgIpc) is 3.55. The molecule has 3 aliphatic rings. The summed E-state index contributed by atoms with van der Waals surface area (Å²) in [5.41, 5.74) is 3.89. The number of aliphatic hydroxyl groups is 1. The fourth-order valence-electron chi connectivity index (χ4n) is 4.96. The molecule has 1 fully saturated rings. The second kappa shape index (κ2) is 9.64. The Kier molecular flexibility index (Phi) is 6.22. The summed E-state index contributed by atoms with van der Waals surface area (Å²) in [5.74, 6) is 0.572. The van der Waals surface area contributed by atoms with Crippen molar-refractivity contribution in [2.24, 2.45) is 5.10 Å². The predicted octanol–water partition coefficient (Wildman–Crippen LogP) is 5.82. The van der Waals surface area contributed by atoms with Crippen LogP contribution in [0.3, 0.4) is 0 Å². The maximum Gasteiger partial charge on any atom is 0.208 e. The van der Waals surface area contributed by atoms with Crippen molar-refractivity contribution in [3.8, 4) is 10.6 Å². The van der Waals surface area contributed by atoms with Crippen molar-refractivity contribution >= 4 is 34.8 Å². The third-order valence-corrected chi connectivity index (χ3v) is 8.15. The number of anilines is 1. The molecule has 1 atom stereocenters. The number of hydrogen-bond acceptors (Lipinski definition) is 7. The van der Waals surface area contributed by atoms with Crippen LogP contribution >= 0.6 is 22.9 Å². The normalized spacial score (nSPS) is 20.5. The summed E-state index contributed by atoms with van der Waals surface area (Å²) in [6, 6.07) is 17.7. The van der Waals surface area contributed by atoms with Gasteiger partial charge in [-0.15, -0.1) is 11.3 Å². The molecule has 6 nitrogen and oxygen atoms in total. The molecule has 0 spiro atoms. The van der Waals surface area contributed by atoms with Crippen LogP contribution in [0.1, 0.15) is 36.3 Å². The van der Waals surface area contributed by atoms with Gasteiger partial charge in [-0.1, -0.05) is 48.0 Å². The van der Waals surface area contributed by atoms with Gasteiger partial charge in [0.1, 0.15) is 10.7 Å². The monoisotopic (exact) mass is 506 g/mol. The number of ether oxygens (including phenoxy) is 1. The number of benzene rings is 2. The Morgan fingerprint density at radius 1 is 1.06 bits per heavy atom. The van der Waals surface area contributed by atoms with Crippen LogP contribution in [0.5, 0.6) is 0 Å². The molecule has 8 heteroatoms. The zero-order chi connectivity index (χ0) is 23.8. The highest BCUT2D eigenvalue weighted by Crippen LogP contribution is 2.36. The molecule has 0 bridgehead atoms. The molecular weight excluding hydrogens is 480 g/mol. The number of rotatable bonds is 5. The van der Waals surface area contributed by atoms with E-state index in [4.69, 9.17) is 21.3 Å². The van der Waals surface area contributed by atoms with Gasteiger partial charge in [0.05, 0.1) is 30.2 Å². The first-order valence-electron chi connectivity index (χ1n) is 12.1. The molecule has 1 saturated carbocycles. The number of fused-ring (bicyclic) bond motifs is 1. The van der Waals surface area contributed by atoms with Crippen molar-refractivity contribution in [1.82, 2.24) is 9.88 Å². The molecule has 6 rings (SSSR count). The molecule has 1 N–H and O–H groups in total. The number of aliphatic hydroxyl groups excluding tert-OH is 1. The lowest BCUT2D eigenvalue weighted by molar-refractivity contribution is 0.0458. The first-order valence-corrected chi connectivity index (χ1v) is 13.3. The summed E-state index contributed by atoms with van der Waals surface area (Å²) >= 11 is 7.96. The molecule has 0 radical (unpaired) electrons. The molecule has 2 aliphatic heterocycles. The van der Waals surface area contributed by atoms with Gasteiger partial charge in [-0.2, -0.15) is 5.10 Å².